The standard InChI is InChI=1S/C22H29ClN4OS/c1-2-14-27-20(13-10-17-6-4-3-5-7-17)25-26-22(27)29-16-21(28)24-15-18-8-11-19(23)12-9-18/h2,8-9,11-12,17H,1,3-7,10,13-16H2,(H,24,28). The van der Waals surface area contributed by atoms with Crippen molar-refractivity contribution in [2.45, 2.75) is 63.2 Å². The summed E-state index contributed by atoms with van der Waals surface area (Å²) < 4.78 is 2.09. The molecular formula is C22H29ClN4OS. The number of halogens is 1. The fourth-order valence-corrected chi connectivity index (χ4v) is 4.64. The Bertz CT molecular complexity index is 800. The first kappa shape index (κ1) is 21.9. The molecule has 2 aromatic rings. The Hall–Kier alpha value is -1.79. The largest absolute Gasteiger partial charge is 0.351 e. The van der Waals surface area contributed by atoms with Gasteiger partial charge in [-0.3, -0.25) is 4.79 Å². The number of carbonyl (C=O) groups excluding carboxylic acids is 1. The van der Waals surface area contributed by atoms with Crippen LogP contribution in [0.3, 0.4) is 0 Å². The van der Waals surface area contributed by atoms with E-state index in [1.165, 1.54) is 50.3 Å². The smallest absolute Gasteiger partial charge is 0.230 e. The van der Waals surface area contributed by atoms with Crippen LogP contribution in [0, 0.1) is 5.92 Å². The van der Waals surface area contributed by atoms with Gasteiger partial charge < -0.3 is 9.88 Å². The molecule has 156 valence electrons. The second-order valence-electron chi connectivity index (χ2n) is 7.53. The van der Waals surface area contributed by atoms with E-state index in [4.69, 9.17) is 11.6 Å². The van der Waals surface area contributed by atoms with Crippen LogP contribution in [-0.2, 0) is 24.3 Å². The normalized spacial score (nSPS) is 14.7. The zero-order valence-electron chi connectivity index (χ0n) is 16.8. The maximum absolute atomic E-state index is 12.2. The number of amides is 1. The van der Waals surface area contributed by atoms with Crippen molar-refractivity contribution in [2.24, 2.45) is 5.92 Å². The van der Waals surface area contributed by atoms with Crippen molar-refractivity contribution in [3.8, 4) is 0 Å². The molecule has 29 heavy (non-hydrogen) atoms. The Morgan fingerprint density at radius 1 is 1.24 bits per heavy atom. The lowest BCUT2D eigenvalue weighted by Crippen LogP contribution is -2.24. The number of aryl methyl sites for hydroxylation is 1. The van der Waals surface area contributed by atoms with E-state index in [0.717, 1.165) is 28.9 Å². The lowest BCUT2D eigenvalue weighted by atomic mass is 9.86. The molecular weight excluding hydrogens is 404 g/mol. The maximum Gasteiger partial charge on any atom is 0.230 e. The molecule has 1 heterocycles. The molecule has 5 nitrogen and oxygen atoms in total. The number of nitrogens with one attached hydrogen (secondary N) is 1. The topological polar surface area (TPSA) is 59.8 Å². The van der Waals surface area contributed by atoms with E-state index < -0.39 is 0 Å². The van der Waals surface area contributed by atoms with Crippen LogP contribution in [-0.4, -0.2) is 26.4 Å². The summed E-state index contributed by atoms with van der Waals surface area (Å²) in [5, 5.41) is 13.1. The van der Waals surface area contributed by atoms with Gasteiger partial charge in [-0.2, -0.15) is 0 Å². The van der Waals surface area contributed by atoms with E-state index in [-0.39, 0.29) is 5.91 Å². The van der Waals surface area contributed by atoms with Crippen molar-refractivity contribution in [1.82, 2.24) is 20.1 Å². The molecule has 1 amide bonds. The second-order valence-corrected chi connectivity index (χ2v) is 8.91. The van der Waals surface area contributed by atoms with Crippen molar-refractivity contribution >= 4 is 29.3 Å². The third-order valence-corrected chi connectivity index (χ3v) is 6.56. The number of benzene rings is 1. The monoisotopic (exact) mass is 432 g/mol. The van der Waals surface area contributed by atoms with Gasteiger partial charge in [0.05, 0.1) is 5.75 Å². The Morgan fingerprint density at radius 3 is 2.72 bits per heavy atom. The van der Waals surface area contributed by atoms with Gasteiger partial charge in [-0.25, -0.2) is 0 Å². The summed E-state index contributed by atoms with van der Waals surface area (Å²) in [6, 6.07) is 7.47. The molecule has 0 bridgehead atoms. The second kappa shape index (κ2) is 11.4. The first-order valence-corrected chi connectivity index (χ1v) is 11.7. The summed E-state index contributed by atoms with van der Waals surface area (Å²) in [4.78, 5) is 12.2. The molecule has 0 atom stereocenters. The fraction of sp³-hybridized carbons (Fsp3) is 0.500. The maximum atomic E-state index is 12.2. The number of nitrogens with zero attached hydrogens (tertiary/aromatic N) is 3. The van der Waals surface area contributed by atoms with Crippen LogP contribution in [0.4, 0.5) is 0 Å². The zero-order valence-corrected chi connectivity index (χ0v) is 18.4. The van der Waals surface area contributed by atoms with Gasteiger partial charge in [-0.1, -0.05) is 73.7 Å². The Morgan fingerprint density at radius 2 is 2.00 bits per heavy atom. The van der Waals surface area contributed by atoms with E-state index in [0.29, 0.717) is 23.9 Å². The molecule has 1 fully saturated rings. The molecule has 7 heteroatoms. The lowest BCUT2D eigenvalue weighted by Gasteiger charge is -2.21. The first-order valence-electron chi connectivity index (χ1n) is 10.3. The van der Waals surface area contributed by atoms with Crippen LogP contribution >= 0.6 is 23.4 Å². The summed E-state index contributed by atoms with van der Waals surface area (Å²) in [6.45, 7) is 5.01. The fourth-order valence-electron chi connectivity index (χ4n) is 3.72. The lowest BCUT2D eigenvalue weighted by molar-refractivity contribution is -0.118. The molecule has 1 aromatic carbocycles. The van der Waals surface area contributed by atoms with Crippen LogP contribution in [0.5, 0.6) is 0 Å². The van der Waals surface area contributed by atoms with Crippen LogP contribution < -0.4 is 5.32 Å². The molecule has 0 saturated heterocycles. The minimum absolute atomic E-state index is 0.0261. The van der Waals surface area contributed by atoms with E-state index in [2.05, 4.69) is 26.7 Å². The molecule has 0 radical (unpaired) electrons. The molecule has 0 unspecified atom stereocenters. The van der Waals surface area contributed by atoms with Gasteiger partial charge in [0.1, 0.15) is 5.82 Å². The van der Waals surface area contributed by atoms with Gasteiger partial charge in [-0.15, -0.1) is 16.8 Å². The Balaban J connectivity index is 1.49. The molecule has 0 aliphatic heterocycles. The summed E-state index contributed by atoms with van der Waals surface area (Å²) >= 11 is 7.31. The van der Waals surface area contributed by atoms with Crippen LogP contribution in [0.1, 0.15) is 49.9 Å². The third kappa shape index (κ3) is 6.89. The average Bonchev–Trinajstić information content (AvgIpc) is 3.13. The van der Waals surface area contributed by atoms with Gasteiger partial charge >= 0.3 is 0 Å². The third-order valence-electron chi connectivity index (χ3n) is 5.34. The van der Waals surface area contributed by atoms with Crippen molar-refractivity contribution in [3.63, 3.8) is 0 Å². The quantitative estimate of drug-likeness (QED) is 0.422. The van der Waals surface area contributed by atoms with Crippen LogP contribution in [0.25, 0.3) is 0 Å². The number of hydrogen-bond acceptors (Lipinski definition) is 4. The van der Waals surface area contributed by atoms with Gasteiger partial charge in [0.25, 0.3) is 0 Å². The molecule has 1 saturated carbocycles. The highest BCUT2D eigenvalue weighted by Gasteiger charge is 2.17. The number of allylic oxidation sites excluding steroid dienone is 1. The number of hydrogen-bond donors (Lipinski definition) is 1. The van der Waals surface area contributed by atoms with Crippen molar-refractivity contribution < 1.29 is 4.79 Å². The Kier molecular flexibility index (Phi) is 8.62. The highest BCUT2D eigenvalue weighted by atomic mass is 35.5. The van der Waals surface area contributed by atoms with Crippen molar-refractivity contribution in [1.29, 1.82) is 0 Å². The predicted molar refractivity (Wildman–Crippen MR) is 119 cm³/mol. The summed E-state index contributed by atoms with van der Waals surface area (Å²) in [5.41, 5.74) is 1.02. The van der Waals surface area contributed by atoms with Gasteiger partial charge in [0, 0.05) is 24.5 Å². The van der Waals surface area contributed by atoms with E-state index in [1.807, 2.05) is 30.3 Å². The number of thioether (sulfide) groups is 1. The predicted octanol–water partition coefficient (Wildman–Crippen LogP) is 5.04. The number of aromatic nitrogens is 3. The van der Waals surface area contributed by atoms with Crippen molar-refractivity contribution in [3.05, 3.63) is 53.3 Å². The van der Waals surface area contributed by atoms with E-state index in [9.17, 15) is 4.79 Å². The van der Waals surface area contributed by atoms with Gasteiger partial charge in [0.15, 0.2) is 5.16 Å². The highest BCUT2D eigenvalue weighted by molar-refractivity contribution is 7.99. The summed E-state index contributed by atoms with van der Waals surface area (Å²) in [5.74, 6) is 2.10. The SMILES string of the molecule is C=CCn1c(CCC2CCCCC2)nnc1SCC(=O)NCc1ccc(Cl)cc1. The average molecular weight is 433 g/mol. The molecule has 0 spiro atoms. The minimum atomic E-state index is -0.0261. The molecule has 1 aliphatic carbocycles. The molecule has 1 N–H and O–H groups in total. The summed E-state index contributed by atoms with van der Waals surface area (Å²) in [6.07, 6.45) is 10.7. The molecule has 1 aliphatic rings. The molecule has 3 rings (SSSR count). The number of carbonyl (C=O) groups is 1. The highest BCUT2D eigenvalue weighted by Crippen LogP contribution is 2.28. The van der Waals surface area contributed by atoms with Crippen LogP contribution in [0.2, 0.25) is 5.02 Å². The van der Waals surface area contributed by atoms with Crippen LogP contribution in [0.15, 0.2) is 42.1 Å². The number of rotatable bonds is 10. The Labute approximate surface area is 182 Å². The first-order chi connectivity index (χ1) is 14.2. The van der Waals surface area contributed by atoms with Crippen molar-refractivity contribution in [2.75, 3.05) is 5.75 Å². The van der Waals surface area contributed by atoms with E-state index in [1.54, 1.807) is 0 Å². The zero-order chi connectivity index (χ0) is 20.5. The van der Waals surface area contributed by atoms with E-state index >= 15 is 0 Å². The summed E-state index contributed by atoms with van der Waals surface area (Å²) in [7, 11) is 0. The van der Waals surface area contributed by atoms with Gasteiger partial charge in [0.2, 0.25) is 5.91 Å². The van der Waals surface area contributed by atoms with Gasteiger partial charge in [-0.05, 0) is 30.0 Å². The minimum Gasteiger partial charge on any atom is -0.351 e. The molecule has 1 aromatic heterocycles.